The van der Waals surface area contributed by atoms with Crippen LogP contribution in [-0.4, -0.2) is 40.8 Å². The zero-order valence-electron chi connectivity index (χ0n) is 10.9. The Bertz CT molecular complexity index is 418. The van der Waals surface area contributed by atoms with Crippen molar-refractivity contribution in [1.82, 2.24) is 20.4 Å². The van der Waals surface area contributed by atoms with E-state index in [2.05, 4.69) is 25.4 Å². The Morgan fingerprint density at radius 3 is 2.78 bits per heavy atom. The number of anilines is 1. The van der Waals surface area contributed by atoms with Crippen molar-refractivity contribution < 1.29 is 4.74 Å². The van der Waals surface area contributed by atoms with Crippen LogP contribution in [-0.2, 0) is 4.74 Å². The third kappa shape index (κ3) is 2.30. The molecule has 2 atom stereocenters. The van der Waals surface area contributed by atoms with E-state index in [0.29, 0.717) is 17.9 Å². The molecule has 6 heteroatoms. The summed E-state index contributed by atoms with van der Waals surface area (Å²) in [5, 5.41) is 2.06. The lowest BCUT2D eigenvalue weighted by Gasteiger charge is -2.37. The predicted octanol–water partition coefficient (Wildman–Crippen LogP) is 0.608. The van der Waals surface area contributed by atoms with Crippen LogP contribution in [0.2, 0.25) is 0 Å². The van der Waals surface area contributed by atoms with Crippen molar-refractivity contribution in [2.75, 3.05) is 24.8 Å². The largest absolute Gasteiger partial charge is 0.379 e. The first-order chi connectivity index (χ1) is 8.72. The summed E-state index contributed by atoms with van der Waals surface area (Å²) >= 11 is 0. The number of hydrogen-bond donors (Lipinski definition) is 1. The van der Waals surface area contributed by atoms with Crippen LogP contribution in [0.4, 0.5) is 5.95 Å². The third-order valence-electron chi connectivity index (χ3n) is 3.56. The Morgan fingerprint density at radius 2 is 2.00 bits per heavy atom. The molecule has 0 saturated carbocycles. The molecule has 0 radical (unpaired) electrons. The molecule has 1 aromatic rings. The molecule has 2 aliphatic heterocycles. The van der Waals surface area contributed by atoms with Crippen LogP contribution in [0.25, 0.3) is 0 Å². The molecule has 2 saturated heterocycles. The van der Waals surface area contributed by atoms with Crippen LogP contribution >= 0.6 is 0 Å². The van der Waals surface area contributed by atoms with Crippen molar-refractivity contribution in [2.24, 2.45) is 5.92 Å². The summed E-state index contributed by atoms with van der Waals surface area (Å²) < 4.78 is 5.67. The number of hydrazine groups is 1. The monoisotopic (exact) mass is 249 g/mol. The van der Waals surface area contributed by atoms with E-state index in [1.807, 2.05) is 13.8 Å². The number of ether oxygens (including phenoxy) is 1. The van der Waals surface area contributed by atoms with Gasteiger partial charge in [0.15, 0.2) is 0 Å². The van der Waals surface area contributed by atoms with Crippen LogP contribution in [0.3, 0.4) is 0 Å². The summed E-state index contributed by atoms with van der Waals surface area (Å²) in [5.74, 6) is 2.94. The van der Waals surface area contributed by atoms with E-state index < -0.39 is 0 Å². The maximum atomic E-state index is 5.67. The molecule has 1 N–H and O–H groups in total. The smallest absolute Gasteiger partial charge is 0.243 e. The number of hydrogen-bond acceptors (Lipinski definition) is 6. The van der Waals surface area contributed by atoms with Gasteiger partial charge in [0.25, 0.3) is 0 Å². The molecular weight excluding hydrogens is 230 g/mol. The van der Waals surface area contributed by atoms with Gasteiger partial charge in [-0.25, -0.2) is 10.4 Å². The number of nitrogens with one attached hydrogen (secondary N) is 1. The summed E-state index contributed by atoms with van der Waals surface area (Å²) in [7, 11) is 0. The number of rotatable bonds is 1. The van der Waals surface area contributed by atoms with Gasteiger partial charge in [-0.15, -0.1) is 0 Å². The molecule has 3 rings (SSSR count). The van der Waals surface area contributed by atoms with Gasteiger partial charge >= 0.3 is 0 Å². The second-order valence-electron chi connectivity index (χ2n) is 5.08. The topological polar surface area (TPSA) is 63.2 Å². The Hall–Kier alpha value is -1.27. The van der Waals surface area contributed by atoms with E-state index in [-0.39, 0.29) is 0 Å². The highest BCUT2D eigenvalue weighted by Gasteiger charge is 2.32. The van der Waals surface area contributed by atoms with Crippen molar-refractivity contribution in [1.29, 1.82) is 0 Å². The van der Waals surface area contributed by atoms with Gasteiger partial charge < -0.3 is 4.74 Å². The quantitative estimate of drug-likeness (QED) is 0.786. The number of aromatic nitrogens is 3. The normalized spacial score (nSPS) is 28.0. The van der Waals surface area contributed by atoms with E-state index in [9.17, 15) is 0 Å². The van der Waals surface area contributed by atoms with Crippen LogP contribution < -0.4 is 10.4 Å². The van der Waals surface area contributed by atoms with E-state index in [4.69, 9.17) is 4.74 Å². The van der Waals surface area contributed by atoms with Gasteiger partial charge in [-0.2, -0.15) is 9.97 Å². The van der Waals surface area contributed by atoms with Crippen LogP contribution in [0, 0.1) is 19.8 Å². The predicted molar refractivity (Wildman–Crippen MR) is 67.1 cm³/mol. The van der Waals surface area contributed by atoms with Crippen molar-refractivity contribution in [3.63, 3.8) is 0 Å². The Kier molecular flexibility index (Phi) is 3.13. The highest BCUT2D eigenvalue weighted by molar-refractivity contribution is 5.30. The first-order valence-corrected chi connectivity index (χ1v) is 6.52. The maximum absolute atomic E-state index is 5.67. The van der Waals surface area contributed by atoms with Gasteiger partial charge in [-0.1, -0.05) is 0 Å². The van der Waals surface area contributed by atoms with Gasteiger partial charge in [0.1, 0.15) is 11.6 Å². The SMILES string of the molecule is Cc1nc(C)nc(N2NCC3CCOCC2C3)n1. The summed E-state index contributed by atoms with van der Waals surface area (Å²) in [4.78, 5) is 13.1. The fourth-order valence-corrected chi connectivity index (χ4v) is 2.70. The fraction of sp³-hybridized carbons (Fsp3) is 0.750. The molecule has 0 aromatic carbocycles. The molecule has 18 heavy (non-hydrogen) atoms. The van der Waals surface area contributed by atoms with Gasteiger partial charge in [0, 0.05) is 13.2 Å². The number of fused-ring (bicyclic) bond motifs is 2. The molecule has 2 bridgehead atoms. The standard InChI is InChI=1S/C12H19N5O/c1-8-14-9(2)16-12(15-8)17-11-5-10(6-13-17)3-4-18-7-11/h10-11,13H,3-7H2,1-2H3. The lowest BCUT2D eigenvalue weighted by molar-refractivity contribution is 0.131. The highest BCUT2D eigenvalue weighted by atomic mass is 16.5. The third-order valence-corrected chi connectivity index (χ3v) is 3.56. The van der Waals surface area contributed by atoms with Crippen molar-refractivity contribution >= 4 is 5.95 Å². The van der Waals surface area contributed by atoms with Crippen molar-refractivity contribution in [3.05, 3.63) is 11.6 Å². The molecule has 0 amide bonds. The second-order valence-corrected chi connectivity index (χ2v) is 5.08. The number of aryl methyl sites for hydroxylation is 2. The fourth-order valence-electron chi connectivity index (χ4n) is 2.70. The van der Waals surface area contributed by atoms with Crippen molar-refractivity contribution in [2.45, 2.75) is 32.7 Å². The first-order valence-electron chi connectivity index (χ1n) is 6.52. The zero-order chi connectivity index (χ0) is 12.5. The first kappa shape index (κ1) is 11.8. The minimum absolute atomic E-state index is 0.326. The van der Waals surface area contributed by atoms with E-state index >= 15 is 0 Å². The molecule has 1 aromatic heterocycles. The molecule has 2 aliphatic rings. The molecular formula is C12H19N5O. The molecule has 0 spiro atoms. The Balaban J connectivity index is 1.86. The summed E-state index contributed by atoms with van der Waals surface area (Å²) in [6.45, 7) is 6.38. The lowest BCUT2D eigenvalue weighted by Crippen LogP contribution is -2.55. The number of nitrogens with zero attached hydrogens (tertiary/aromatic N) is 4. The molecule has 98 valence electrons. The average Bonchev–Trinajstić information content (AvgIpc) is 2.50. The van der Waals surface area contributed by atoms with E-state index in [1.54, 1.807) is 0 Å². The molecule has 3 heterocycles. The average molecular weight is 249 g/mol. The zero-order valence-corrected chi connectivity index (χ0v) is 10.9. The molecule has 6 nitrogen and oxygen atoms in total. The lowest BCUT2D eigenvalue weighted by atomic mass is 9.96. The second kappa shape index (κ2) is 4.78. The summed E-state index contributed by atoms with van der Waals surface area (Å²) in [6.07, 6.45) is 2.30. The van der Waals surface area contributed by atoms with Crippen LogP contribution in [0.1, 0.15) is 24.5 Å². The highest BCUT2D eigenvalue weighted by Crippen LogP contribution is 2.25. The van der Waals surface area contributed by atoms with E-state index in [1.165, 1.54) is 0 Å². The Labute approximate surface area is 107 Å². The molecule has 2 unspecified atom stereocenters. The van der Waals surface area contributed by atoms with Gasteiger partial charge in [0.05, 0.1) is 12.6 Å². The maximum Gasteiger partial charge on any atom is 0.243 e. The van der Waals surface area contributed by atoms with Crippen LogP contribution in [0.5, 0.6) is 0 Å². The summed E-state index contributed by atoms with van der Waals surface area (Å²) in [6, 6.07) is 0.326. The summed E-state index contributed by atoms with van der Waals surface area (Å²) in [5.41, 5.74) is 3.43. The minimum Gasteiger partial charge on any atom is -0.379 e. The van der Waals surface area contributed by atoms with Gasteiger partial charge in [-0.05, 0) is 32.6 Å². The minimum atomic E-state index is 0.326. The molecule has 0 aliphatic carbocycles. The van der Waals surface area contributed by atoms with Gasteiger partial charge in [-0.3, -0.25) is 5.01 Å². The van der Waals surface area contributed by atoms with Crippen LogP contribution in [0.15, 0.2) is 0 Å². The van der Waals surface area contributed by atoms with E-state index in [0.717, 1.165) is 44.2 Å². The Morgan fingerprint density at radius 1 is 1.22 bits per heavy atom. The molecule has 2 fully saturated rings. The van der Waals surface area contributed by atoms with Crippen molar-refractivity contribution in [3.8, 4) is 0 Å². The van der Waals surface area contributed by atoms with Gasteiger partial charge in [0.2, 0.25) is 5.95 Å².